The van der Waals surface area contributed by atoms with Gasteiger partial charge in [0.05, 0.1) is 0 Å². The van der Waals surface area contributed by atoms with Gasteiger partial charge >= 0.3 is 0 Å². The van der Waals surface area contributed by atoms with Crippen LogP contribution in [0.1, 0.15) is 33.4 Å². The second kappa shape index (κ2) is 17.4. The molecule has 0 aliphatic rings. The van der Waals surface area contributed by atoms with Crippen molar-refractivity contribution in [2.75, 3.05) is 9.80 Å². The summed E-state index contributed by atoms with van der Waals surface area (Å²) < 4.78 is 0. The third-order valence-electron chi connectivity index (χ3n) is 11.7. The summed E-state index contributed by atoms with van der Waals surface area (Å²) in [5.41, 5.74) is 21.8. The van der Waals surface area contributed by atoms with E-state index in [2.05, 4.69) is 256 Å². The Balaban J connectivity index is 0.932. The number of benzene rings is 9. The molecule has 0 aliphatic carbocycles. The Kier molecular flexibility index (Phi) is 11.2. The Hall–Kier alpha value is -7.42. The minimum absolute atomic E-state index is 0.864. The van der Waals surface area contributed by atoms with Crippen molar-refractivity contribution in [1.82, 2.24) is 0 Å². The maximum atomic E-state index is 2.37. The summed E-state index contributed by atoms with van der Waals surface area (Å²) in [6, 6.07) is 79.4. The zero-order valence-electron chi connectivity index (χ0n) is 35.4. The fraction of sp³-hybridized carbons (Fsp3) is 0.0847. The summed E-state index contributed by atoms with van der Waals surface area (Å²) in [6.07, 6.45) is 0.864. The van der Waals surface area contributed by atoms with Crippen molar-refractivity contribution in [3.63, 3.8) is 0 Å². The molecule has 0 atom stereocenters. The Morgan fingerprint density at radius 1 is 0.279 bits per heavy atom. The summed E-state index contributed by atoms with van der Waals surface area (Å²) in [6.45, 7) is 8.71. The molecule has 0 unspecified atom stereocenters. The quantitative estimate of drug-likeness (QED) is 0.129. The van der Waals surface area contributed by atoms with Crippen LogP contribution in [0.3, 0.4) is 0 Å². The lowest BCUT2D eigenvalue weighted by Gasteiger charge is -2.27. The number of nitrogens with zero attached hydrogens (tertiary/aromatic N) is 2. The summed E-state index contributed by atoms with van der Waals surface area (Å²) in [4.78, 5) is 4.74. The van der Waals surface area contributed by atoms with Gasteiger partial charge in [0.15, 0.2) is 0 Å². The summed E-state index contributed by atoms with van der Waals surface area (Å²) in [7, 11) is 0. The van der Waals surface area contributed by atoms with Gasteiger partial charge in [0.2, 0.25) is 0 Å². The molecule has 0 fully saturated rings. The van der Waals surface area contributed by atoms with Crippen LogP contribution in [0.5, 0.6) is 0 Å². The monoisotopic (exact) mass is 786 g/mol. The Morgan fingerprint density at radius 2 is 0.557 bits per heavy atom. The van der Waals surface area contributed by atoms with E-state index in [0.29, 0.717) is 0 Å². The second-order valence-electron chi connectivity index (χ2n) is 16.2. The van der Waals surface area contributed by atoms with Crippen LogP contribution in [0.4, 0.5) is 34.1 Å². The minimum atomic E-state index is 0.864. The normalized spacial score (nSPS) is 11.0. The summed E-state index contributed by atoms with van der Waals surface area (Å²) >= 11 is 0. The highest BCUT2D eigenvalue weighted by molar-refractivity contribution is 5.82. The lowest BCUT2D eigenvalue weighted by molar-refractivity contribution is 1.18. The second-order valence-corrected chi connectivity index (χ2v) is 16.2. The van der Waals surface area contributed by atoms with E-state index < -0.39 is 0 Å². The molecule has 0 bridgehead atoms. The maximum absolute atomic E-state index is 2.37. The van der Waals surface area contributed by atoms with Gasteiger partial charge in [0.25, 0.3) is 0 Å². The van der Waals surface area contributed by atoms with Gasteiger partial charge in [-0.1, -0.05) is 169 Å². The molecule has 9 aromatic carbocycles. The first-order chi connectivity index (χ1) is 29.9. The molecule has 0 aromatic heterocycles. The zero-order valence-corrected chi connectivity index (χ0v) is 35.4. The van der Waals surface area contributed by atoms with E-state index in [4.69, 9.17) is 0 Å². The molecular formula is C59H50N2. The van der Waals surface area contributed by atoms with Gasteiger partial charge in [-0.25, -0.2) is 0 Å². The molecule has 0 amide bonds. The molecule has 0 N–H and O–H groups in total. The van der Waals surface area contributed by atoms with Gasteiger partial charge in [-0.3, -0.25) is 0 Å². The van der Waals surface area contributed by atoms with Crippen LogP contribution >= 0.6 is 0 Å². The topological polar surface area (TPSA) is 6.48 Å². The smallest absolute Gasteiger partial charge is 0.0490 e. The SMILES string of the molecule is Cc1ccc(N(c2ccc(Cc3ccc(-c4ccc(N(c5ccc(-c6ccccc6)cc5)c5ccc(C)cc5C)cc4)cc3)cc2)c2ccc(-c3ccccc3)cc2)c(C)c1. The van der Waals surface area contributed by atoms with Crippen molar-refractivity contribution < 1.29 is 0 Å². The Labute approximate surface area is 361 Å². The first kappa shape index (κ1) is 39.1. The fourth-order valence-corrected chi connectivity index (χ4v) is 8.45. The number of hydrogen-bond acceptors (Lipinski definition) is 2. The molecular weight excluding hydrogens is 737 g/mol. The number of hydrogen-bond donors (Lipinski definition) is 0. The van der Waals surface area contributed by atoms with E-state index in [9.17, 15) is 0 Å². The predicted molar refractivity (Wildman–Crippen MR) is 260 cm³/mol. The molecule has 0 saturated heterocycles. The van der Waals surface area contributed by atoms with Crippen LogP contribution in [0.2, 0.25) is 0 Å². The van der Waals surface area contributed by atoms with Gasteiger partial charge < -0.3 is 9.80 Å². The van der Waals surface area contributed by atoms with E-state index in [1.54, 1.807) is 0 Å². The van der Waals surface area contributed by atoms with E-state index in [-0.39, 0.29) is 0 Å². The molecule has 0 spiro atoms. The molecule has 2 nitrogen and oxygen atoms in total. The highest BCUT2D eigenvalue weighted by Crippen LogP contribution is 2.40. The molecule has 9 aromatic rings. The molecule has 0 radical (unpaired) electrons. The molecule has 2 heteroatoms. The van der Waals surface area contributed by atoms with E-state index in [1.165, 1.54) is 78.1 Å². The standard InChI is InChI=1S/C59H50N2/c1-42-15-37-58(44(3)39-42)60(55-31-23-51(24-32-55)48-11-7-5-8-12-48)54-29-19-47(20-30-54)41-46-17-21-50(22-18-46)53-27-35-57(36-28-53)61(59-38-16-43(2)40-45(59)4)56-33-25-52(26-34-56)49-13-9-6-10-14-49/h5-40H,41H2,1-4H3. The van der Waals surface area contributed by atoms with Crippen molar-refractivity contribution >= 4 is 34.1 Å². The van der Waals surface area contributed by atoms with Crippen LogP contribution in [0.15, 0.2) is 218 Å². The van der Waals surface area contributed by atoms with Crippen LogP contribution in [0.25, 0.3) is 33.4 Å². The average Bonchev–Trinajstić information content (AvgIpc) is 3.30. The van der Waals surface area contributed by atoms with Crippen LogP contribution in [-0.4, -0.2) is 0 Å². The third kappa shape index (κ3) is 8.67. The van der Waals surface area contributed by atoms with Crippen LogP contribution < -0.4 is 9.80 Å². The van der Waals surface area contributed by atoms with Gasteiger partial charge in [0.1, 0.15) is 0 Å². The molecule has 9 rings (SSSR count). The van der Waals surface area contributed by atoms with Crippen molar-refractivity contribution in [1.29, 1.82) is 0 Å². The highest BCUT2D eigenvalue weighted by atomic mass is 15.1. The first-order valence-corrected chi connectivity index (χ1v) is 21.2. The van der Waals surface area contributed by atoms with Gasteiger partial charge in [-0.15, -0.1) is 0 Å². The van der Waals surface area contributed by atoms with Gasteiger partial charge in [0, 0.05) is 34.1 Å². The minimum Gasteiger partial charge on any atom is -0.310 e. The molecule has 0 heterocycles. The van der Waals surface area contributed by atoms with Crippen molar-refractivity contribution in [2.45, 2.75) is 34.1 Å². The summed E-state index contributed by atoms with van der Waals surface area (Å²) in [5, 5.41) is 0. The lowest BCUT2D eigenvalue weighted by Crippen LogP contribution is -2.11. The molecule has 0 aliphatic heterocycles. The Bertz CT molecular complexity index is 2860. The van der Waals surface area contributed by atoms with E-state index in [1.807, 2.05) is 0 Å². The Morgan fingerprint density at radius 3 is 0.885 bits per heavy atom. The summed E-state index contributed by atoms with van der Waals surface area (Å²) in [5.74, 6) is 0. The first-order valence-electron chi connectivity index (χ1n) is 21.2. The third-order valence-corrected chi connectivity index (χ3v) is 11.7. The van der Waals surface area contributed by atoms with E-state index in [0.717, 1.165) is 29.2 Å². The average molecular weight is 787 g/mol. The van der Waals surface area contributed by atoms with E-state index >= 15 is 0 Å². The largest absolute Gasteiger partial charge is 0.310 e. The van der Waals surface area contributed by atoms with Crippen molar-refractivity contribution in [3.8, 4) is 33.4 Å². The van der Waals surface area contributed by atoms with Crippen LogP contribution in [0, 0.1) is 27.7 Å². The van der Waals surface area contributed by atoms with Gasteiger partial charge in [-0.2, -0.15) is 0 Å². The van der Waals surface area contributed by atoms with Crippen molar-refractivity contribution in [3.05, 3.63) is 252 Å². The van der Waals surface area contributed by atoms with Gasteiger partial charge in [-0.05, 0) is 150 Å². The highest BCUT2D eigenvalue weighted by Gasteiger charge is 2.17. The molecule has 61 heavy (non-hydrogen) atoms. The predicted octanol–water partition coefficient (Wildman–Crippen LogP) is 16.5. The lowest BCUT2D eigenvalue weighted by atomic mass is 9.99. The fourth-order valence-electron chi connectivity index (χ4n) is 8.45. The van der Waals surface area contributed by atoms with Crippen LogP contribution in [-0.2, 0) is 6.42 Å². The molecule has 296 valence electrons. The number of aryl methyl sites for hydroxylation is 4. The number of anilines is 6. The number of rotatable bonds is 11. The maximum Gasteiger partial charge on any atom is 0.0490 e. The zero-order chi connectivity index (χ0) is 41.7. The van der Waals surface area contributed by atoms with Crippen molar-refractivity contribution in [2.24, 2.45) is 0 Å². The molecule has 0 saturated carbocycles.